The number of carboxylic acid groups (broad SMARTS) is 1. The number of nitrogens with one attached hydrogen (secondary N) is 1. The molecule has 2 unspecified atom stereocenters. The van der Waals surface area contributed by atoms with Gasteiger partial charge in [-0.3, -0.25) is 9.59 Å². The van der Waals surface area contributed by atoms with E-state index in [9.17, 15) is 9.59 Å². The lowest BCUT2D eigenvalue weighted by molar-refractivity contribution is -0.142. The Hall–Kier alpha value is -1.10. The maximum atomic E-state index is 10.9. The van der Waals surface area contributed by atoms with Gasteiger partial charge in [0.25, 0.3) is 0 Å². The number of rotatable bonds is 8. The summed E-state index contributed by atoms with van der Waals surface area (Å²) in [6.45, 7) is 4.24. The van der Waals surface area contributed by atoms with Crippen LogP contribution in [0.15, 0.2) is 0 Å². The minimum atomic E-state index is -0.861. The smallest absolute Gasteiger partial charge is 0.308 e. The zero-order chi connectivity index (χ0) is 12.6. The van der Waals surface area contributed by atoms with Crippen LogP contribution in [0.3, 0.4) is 0 Å². The van der Waals surface area contributed by atoms with Crippen LogP contribution in [0.5, 0.6) is 0 Å². The van der Waals surface area contributed by atoms with Gasteiger partial charge in [-0.1, -0.05) is 20.3 Å². The SMILES string of the molecule is CCC(C)CCC(CNC(=O)CN)C(=O)O. The van der Waals surface area contributed by atoms with Crippen molar-refractivity contribution in [2.24, 2.45) is 17.6 Å². The van der Waals surface area contributed by atoms with Crippen LogP contribution in [0, 0.1) is 11.8 Å². The highest BCUT2D eigenvalue weighted by Gasteiger charge is 2.18. The molecule has 5 nitrogen and oxygen atoms in total. The minimum absolute atomic E-state index is 0.0995. The molecule has 94 valence electrons. The van der Waals surface area contributed by atoms with Crippen molar-refractivity contribution in [1.29, 1.82) is 0 Å². The van der Waals surface area contributed by atoms with E-state index in [0.29, 0.717) is 12.3 Å². The number of carbonyl (C=O) groups is 2. The summed E-state index contributed by atoms with van der Waals surface area (Å²) >= 11 is 0. The molecule has 0 rings (SSSR count). The van der Waals surface area contributed by atoms with Gasteiger partial charge in [-0.25, -0.2) is 0 Å². The number of carbonyl (C=O) groups excluding carboxylic acids is 1. The van der Waals surface area contributed by atoms with E-state index in [1.54, 1.807) is 0 Å². The summed E-state index contributed by atoms with van der Waals surface area (Å²) < 4.78 is 0. The average molecular weight is 230 g/mol. The minimum Gasteiger partial charge on any atom is -0.481 e. The van der Waals surface area contributed by atoms with E-state index >= 15 is 0 Å². The Morgan fingerprint density at radius 3 is 2.44 bits per heavy atom. The fourth-order valence-corrected chi connectivity index (χ4v) is 1.31. The highest BCUT2D eigenvalue weighted by Crippen LogP contribution is 2.14. The second-order valence-corrected chi connectivity index (χ2v) is 4.13. The molecule has 0 spiro atoms. The van der Waals surface area contributed by atoms with Crippen LogP contribution in [0.1, 0.15) is 33.1 Å². The standard InChI is InChI=1S/C11H22N2O3/c1-3-8(2)4-5-9(11(15)16)7-13-10(14)6-12/h8-9H,3-7,12H2,1-2H3,(H,13,14)(H,15,16). The van der Waals surface area contributed by atoms with E-state index in [1.807, 2.05) is 0 Å². The Morgan fingerprint density at radius 2 is 2.00 bits per heavy atom. The fourth-order valence-electron chi connectivity index (χ4n) is 1.31. The molecule has 0 aliphatic heterocycles. The van der Waals surface area contributed by atoms with Crippen molar-refractivity contribution in [3.05, 3.63) is 0 Å². The van der Waals surface area contributed by atoms with Crippen molar-refractivity contribution in [2.45, 2.75) is 33.1 Å². The molecular weight excluding hydrogens is 208 g/mol. The molecule has 0 aromatic heterocycles. The van der Waals surface area contributed by atoms with Gasteiger partial charge in [0.15, 0.2) is 0 Å². The van der Waals surface area contributed by atoms with Crippen LogP contribution in [-0.4, -0.2) is 30.1 Å². The molecule has 5 heteroatoms. The lowest BCUT2D eigenvalue weighted by Gasteiger charge is -2.15. The largest absolute Gasteiger partial charge is 0.481 e. The summed E-state index contributed by atoms with van der Waals surface area (Å²) in [6, 6.07) is 0. The molecular formula is C11H22N2O3. The van der Waals surface area contributed by atoms with Crippen LogP contribution < -0.4 is 11.1 Å². The Balaban J connectivity index is 3.98. The van der Waals surface area contributed by atoms with Crippen LogP contribution >= 0.6 is 0 Å². The van der Waals surface area contributed by atoms with Crippen molar-refractivity contribution in [1.82, 2.24) is 5.32 Å². The first-order valence-electron chi connectivity index (χ1n) is 5.70. The maximum absolute atomic E-state index is 10.9. The van der Waals surface area contributed by atoms with Gasteiger partial charge in [0.05, 0.1) is 12.5 Å². The zero-order valence-electron chi connectivity index (χ0n) is 10.0. The lowest BCUT2D eigenvalue weighted by Crippen LogP contribution is -2.36. The third-order valence-electron chi connectivity index (χ3n) is 2.79. The second kappa shape index (κ2) is 8.10. The molecule has 0 radical (unpaired) electrons. The average Bonchev–Trinajstić information content (AvgIpc) is 2.27. The van der Waals surface area contributed by atoms with Crippen LogP contribution in [0.4, 0.5) is 0 Å². The molecule has 0 saturated carbocycles. The Morgan fingerprint density at radius 1 is 1.38 bits per heavy atom. The van der Waals surface area contributed by atoms with Crippen molar-refractivity contribution >= 4 is 11.9 Å². The van der Waals surface area contributed by atoms with Crippen molar-refractivity contribution in [3.8, 4) is 0 Å². The Bertz CT molecular complexity index is 231. The third-order valence-corrected chi connectivity index (χ3v) is 2.79. The molecule has 4 N–H and O–H groups in total. The molecule has 2 atom stereocenters. The van der Waals surface area contributed by atoms with Crippen LogP contribution in [0.2, 0.25) is 0 Å². The van der Waals surface area contributed by atoms with Crippen molar-refractivity contribution in [2.75, 3.05) is 13.1 Å². The first-order chi connectivity index (χ1) is 7.51. The molecule has 1 amide bonds. The van der Waals surface area contributed by atoms with Gasteiger partial charge in [-0.15, -0.1) is 0 Å². The summed E-state index contributed by atoms with van der Waals surface area (Å²) in [6.07, 6.45) is 2.50. The van der Waals surface area contributed by atoms with Crippen molar-refractivity contribution in [3.63, 3.8) is 0 Å². The molecule has 0 aliphatic rings. The molecule has 16 heavy (non-hydrogen) atoms. The van der Waals surface area contributed by atoms with E-state index in [0.717, 1.165) is 12.8 Å². The van der Waals surface area contributed by atoms with E-state index in [4.69, 9.17) is 10.8 Å². The number of nitrogens with two attached hydrogens (primary N) is 1. The molecule has 0 saturated heterocycles. The summed E-state index contributed by atoms with van der Waals surface area (Å²) in [5.41, 5.74) is 5.12. The van der Waals surface area contributed by atoms with E-state index in [2.05, 4.69) is 19.2 Å². The molecule has 0 aromatic carbocycles. The summed E-state index contributed by atoms with van der Waals surface area (Å²) in [5, 5.41) is 11.5. The quantitative estimate of drug-likeness (QED) is 0.569. The van der Waals surface area contributed by atoms with Gasteiger partial charge in [0.1, 0.15) is 0 Å². The van der Waals surface area contributed by atoms with Gasteiger partial charge >= 0.3 is 5.97 Å². The number of hydrogen-bond acceptors (Lipinski definition) is 3. The highest BCUT2D eigenvalue weighted by atomic mass is 16.4. The zero-order valence-corrected chi connectivity index (χ0v) is 10.0. The number of hydrogen-bond donors (Lipinski definition) is 3. The lowest BCUT2D eigenvalue weighted by atomic mass is 9.95. The predicted octanol–water partition coefficient (Wildman–Crippen LogP) is 0.588. The first-order valence-corrected chi connectivity index (χ1v) is 5.70. The fraction of sp³-hybridized carbons (Fsp3) is 0.818. The van der Waals surface area contributed by atoms with Gasteiger partial charge in [-0.05, 0) is 18.8 Å². The molecule has 0 fully saturated rings. The molecule has 0 aliphatic carbocycles. The van der Waals surface area contributed by atoms with Gasteiger partial charge in [0.2, 0.25) is 5.91 Å². The summed E-state index contributed by atoms with van der Waals surface area (Å²) in [4.78, 5) is 21.8. The number of carboxylic acids is 1. The van der Waals surface area contributed by atoms with E-state index < -0.39 is 11.9 Å². The number of aliphatic carboxylic acids is 1. The molecule has 0 heterocycles. The maximum Gasteiger partial charge on any atom is 0.308 e. The first kappa shape index (κ1) is 14.9. The Labute approximate surface area is 96.4 Å². The van der Waals surface area contributed by atoms with E-state index in [-0.39, 0.29) is 19.0 Å². The highest BCUT2D eigenvalue weighted by molar-refractivity contribution is 5.78. The van der Waals surface area contributed by atoms with Crippen LogP contribution in [-0.2, 0) is 9.59 Å². The molecule has 0 aromatic rings. The van der Waals surface area contributed by atoms with Gasteiger partial charge < -0.3 is 16.2 Å². The second-order valence-electron chi connectivity index (χ2n) is 4.13. The van der Waals surface area contributed by atoms with Crippen LogP contribution in [0.25, 0.3) is 0 Å². The monoisotopic (exact) mass is 230 g/mol. The summed E-state index contributed by atoms with van der Waals surface area (Å²) in [7, 11) is 0. The third kappa shape index (κ3) is 6.40. The van der Waals surface area contributed by atoms with E-state index in [1.165, 1.54) is 0 Å². The number of amides is 1. The van der Waals surface area contributed by atoms with Gasteiger partial charge in [0, 0.05) is 6.54 Å². The summed E-state index contributed by atoms with van der Waals surface area (Å²) in [5.74, 6) is -1.16. The molecule has 0 bridgehead atoms. The van der Waals surface area contributed by atoms with Crippen molar-refractivity contribution < 1.29 is 14.7 Å². The topological polar surface area (TPSA) is 92.4 Å². The Kier molecular flexibility index (Phi) is 7.54. The predicted molar refractivity (Wildman–Crippen MR) is 61.9 cm³/mol. The van der Waals surface area contributed by atoms with Gasteiger partial charge in [-0.2, -0.15) is 0 Å². The normalized spacial score (nSPS) is 14.2.